The van der Waals surface area contributed by atoms with Crippen LogP contribution in [-0.2, 0) is 4.74 Å². The maximum atomic E-state index is 5.79. The highest BCUT2D eigenvalue weighted by Gasteiger charge is 2.01. The zero-order valence-corrected chi connectivity index (χ0v) is 8.04. The van der Waals surface area contributed by atoms with Gasteiger partial charge in [-0.3, -0.25) is 0 Å². The number of nitrogen functional groups attached to an aromatic ring is 1. The van der Waals surface area contributed by atoms with E-state index in [2.05, 4.69) is 4.98 Å². The summed E-state index contributed by atoms with van der Waals surface area (Å²) in [7, 11) is 1.60. The molecule has 0 atom stereocenters. The molecule has 0 unspecified atom stereocenters. The van der Waals surface area contributed by atoms with Crippen molar-refractivity contribution < 1.29 is 9.47 Å². The van der Waals surface area contributed by atoms with Crippen molar-refractivity contribution in [2.24, 2.45) is 0 Å². The zero-order valence-electron chi connectivity index (χ0n) is 7.29. The Hall–Kier alpha value is -1.00. The first-order valence-corrected chi connectivity index (χ1v) is 4.14. The van der Waals surface area contributed by atoms with Crippen molar-refractivity contribution in [2.75, 3.05) is 26.1 Å². The second kappa shape index (κ2) is 4.89. The lowest BCUT2D eigenvalue weighted by Crippen LogP contribution is -2.05. The summed E-state index contributed by atoms with van der Waals surface area (Å²) in [6.07, 6.45) is 1.46. The van der Waals surface area contributed by atoms with Gasteiger partial charge in [0.2, 0.25) is 0 Å². The number of hydrogen-bond acceptors (Lipinski definition) is 4. The second-order valence-corrected chi connectivity index (χ2v) is 2.79. The van der Waals surface area contributed by atoms with Crippen LogP contribution in [0.25, 0.3) is 0 Å². The third kappa shape index (κ3) is 3.08. The first kappa shape index (κ1) is 10.1. The van der Waals surface area contributed by atoms with Gasteiger partial charge in [-0.1, -0.05) is 11.6 Å². The molecule has 0 bridgehead atoms. The topological polar surface area (TPSA) is 57.4 Å². The van der Waals surface area contributed by atoms with Crippen molar-refractivity contribution in [3.8, 4) is 5.75 Å². The van der Waals surface area contributed by atoms with E-state index in [1.165, 1.54) is 6.20 Å². The van der Waals surface area contributed by atoms with Crippen LogP contribution in [0.2, 0.25) is 5.02 Å². The van der Waals surface area contributed by atoms with Crippen LogP contribution < -0.4 is 10.5 Å². The molecule has 0 aromatic carbocycles. The van der Waals surface area contributed by atoms with E-state index >= 15 is 0 Å². The fourth-order valence-corrected chi connectivity index (χ4v) is 0.939. The highest BCUT2D eigenvalue weighted by molar-refractivity contribution is 6.31. The summed E-state index contributed by atoms with van der Waals surface area (Å²) < 4.78 is 10.1. The van der Waals surface area contributed by atoms with E-state index < -0.39 is 0 Å². The van der Waals surface area contributed by atoms with Gasteiger partial charge in [0, 0.05) is 13.2 Å². The highest BCUT2D eigenvalue weighted by Crippen LogP contribution is 2.24. The molecule has 1 aromatic rings. The summed E-state index contributed by atoms with van der Waals surface area (Å²) in [5.74, 6) is 0.919. The monoisotopic (exact) mass is 202 g/mol. The molecule has 0 saturated heterocycles. The number of pyridine rings is 1. The van der Waals surface area contributed by atoms with Crippen LogP contribution in [0, 0.1) is 0 Å². The lowest BCUT2D eigenvalue weighted by atomic mass is 10.4. The fraction of sp³-hybridized carbons (Fsp3) is 0.375. The molecule has 0 saturated carbocycles. The van der Waals surface area contributed by atoms with Gasteiger partial charge in [0.05, 0.1) is 12.8 Å². The number of hydrogen-bond donors (Lipinski definition) is 1. The lowest BCUT2D eigenvalue weighted by Gasteiger charge is -2.06. The Bertz CT molecular complexity index is 281. The van der Waals surface area contributed by atoms with Crippen molar-refractivity contribution in [1.29, 1.82) is 0 Å². The lowest BCUT2D eigenvalue weighted by molar-refractivity contribution is 0.146. The summed E-state index contributed by atoms with van der Waals surface area (Å²) in [5.41, 5.74) is 5.45. The minimum Gasteiger partial charge on any atom is -0.489 e. The van der Waals surface area contributed by atoms with E-state index in [0.29, 0.717) is 29.8 Å². The molecule has 0 aliphatic carbocycles. The molecule has 5 heteroatoms. The number of aromatic nitrogens is 1. The summed E-state index contributed by atoms with van der Waals surface area (Å²) in [6.45, 7) is 0.957. The molecule has 0 fully saturated rings. The van der Waals surface area contributed by atoms with E-state index in [1.54, 1.807) is 13.2 Å². The Kier molecular flexibility index (Phi) is 3.79. The quantitative estimate of drug-likeness (QED) is 0.749. The van der Waals surface area contributed by atoms with Crippen molar-refractivity contribution in [3.05, 3.63) is 17.3 Å². The van der Waals surface area contributed by atoms with Crippen molar-refractivity contribution in [1.82, 2.24) is 4.98 Å². The van der Waals surface area contributed by atoms with Crippen molar-refractivity contribution in [3.63, 3.8) is 0 Å². The molecular formula is C8H11ClN2O2. The van der Waals surface area contributed by atoms with Gasteiger partial charge in [0.25, 0.3) is 0 Å². The molecule has 0 amide bonds. The SMILES string of the molecule is COCCOc1cc(N)ncc1Cl. The predicted molar refractivity (Wildman–Crippen MR) is 51.0 cm³/mol. The maximum Gasteiger partial charge on any atom is 0.143 e. The summed E-state index contributed by atoms with van der Waals surface area (Å²) in [5, 5.41) is 0.449. The van der Waals surface area contributed by atoms with Gasteiger partial charge in [0.1, 0.15) is 23.2 Å². The molecule has 1 aromatic heterocycles. The normalized spacial score (nSPS) is 10.0. The van der Waals surface area contributed by atoms with Gasteiger partial charge in [0.15, 0.2) is 0 Å². The van der Waals surface area contributed by atoms with Crippen LogP contribution in [0.5, 0.6) is 5.75 Å². The van der Waals surface area contributed by atoms with E-state index in [9.17, 15) is 0 Å². The van der Waals surface area contributed by atoms with Crippen molar-refractivity contribution >= 4 is 17.4 Å². The number of anilines is 1. The summed E-state index contributed by atoms with van der Waals surface area (Å²) >= 11 is 5.79. The first-order chi connectivity index (χ1) is 6.24. The molecule has 4 nitrogen and oxygen atoms in total. The molecular weight excluding hydrogens is 192 g/mol. The minimum absolute atomic E-state index is 0.386. The number of nitrogens with zero attached hydrogens (tertiary/aromatic N) is 1. The number of methoxy groups -OCH3 is 1. The molecule has 0 aliphatic rings. The van der Waals surface area contributed by atoms with Gasteiger partial charge < -0.3 is 15.2 Å². The van der Waals surface area contributed by atoms with Crippen LogP contribution in [0.1, 0.15) is 0 Å². The average Bonchev–Trinajstić information content (AvgIpc) is 2.11. The van der Waals surface area contributed by atoms with Crippen molar-refractivity contribution in [2.45, 2.75) is 0 Å². The van der Waals surface area contributed by atoms with Gasteiger partial charge in [-0.05, 0) is 0 Å². The molecule has 13 heavy (non-hydrogen) atoms. The third-order valence-corrected chi connectivity index (χ3v) is 1.67. The number of rotatable bonds is 4. The van der Waals surface area contributed by atoms with E-state index in [0.717, 1.165) is 0 Å². The third-order valence-electron chi connectivity index (χ3n) is 1.39. The molecule has 0 aliphatic heterocycles. The van der Waals surface area contributed by atoms with Gasteiger partial charge in [-0.15, -0.1) is 0 Å². The number of halogens is 1. The molecule has 1 rings (SSSR count). The zero-order chi connectivity index (χ0) is 9.68. The highest BCUT2D eigenvalue weighted by atomic mass is 35.5. The molecule has 2 N–H and O–H groups in total. The standard InChI is InChI=1S/C8H11ClN2O2/c1-12-2-3-13-7-4-8(10)11-5-6(7)9/h4-5H,2-3H2,1H3,(H2,10,11). The van der Waals surface area contributed by atoms with E-state index in [4.69, 9.17) is 26.8 Å². The van der Waals surface area contributed by atoms with E-state index in [-0.39, 0.29) is 0 Å². The van der Waals surface area contributed by atoms with E-state index in [1.807, 2.05) is 0 Å². The van der Waals surface area contributed by atoms with Crippen LogP contribution in [-0.4, -0.2) is 25.3 Å². The number of ether oxygens (including phenoxy) is 2. The van der Waals surface area contributed by atoms with Gasteiger partial charge in [-0.2, -0.15) is 0 Å². The summed E-state index contributed by atoms with van der Waals surface area (Å²) in [6, 6.07) is 1.58. The molecule has 1 heterocycles. The van der Waals surface area contributed by atoms with Crippen LogP contribution in [0.4, 0.5) is 5.82 Å². The predicted octanol–water partition coefficient (Wildman–Crippen LogP) is 1.34. The Labute approximate surface area is 81.6 Å². The van der Waals surface area contributed by atoms with Crippen LogP contribution in [0.15, 0.2) is 12.3 Å². The largest absolute Gasteiger partial charge is 0.489 e. The van der Waals surface area contributed by atoms with Crippen LogP contribution in [0.3, 0.4) is 0 Å². The Morgan fingerprint density at radius 3 is 3.00 bits per heavy atom. The minimum atomic E-state index is 0.386. The fourth-order valence-electron chi connectivity index (χ4n) is 0.781. The van der Waals surface area contributed by atoms with Gasteiger partial charge in [-0.25, -0.2) is 4.98 Å². The average molecular weight is 203 g/mol. The number of nitrogens with two attached hydrogens (primary N) is 1. The van der Waals surface area contributed by atoms with Gasteiger partial charge >= 0.3 is 0 Å². The smallest absolute Gasteiger partial charge is 0.143 e. The second-order valence-electron chi connectivity index (χ2n) is 2.38. The molecule has 0 radical (unpaired) electrons. The Morgan fingerprint density at radius 1 is 1.54 bits per heavy atom. The maximum absolute atomic E-state index is 5.79. The molecule has 72 valence electrons. The Balaban J connectivity index is 2.59. The summed E-state index contributed by atoms with van der Waals surface area (Å²) in [4.78, 5) is 3.80. The Morgan fingerprint density at radius 2 is 2.31 bits per heavy atom. The first-order valence-electron chi connectivity index (χ1n) is 3.77. The molecule has 0 spiro atoms. The van der Waals surface area contributed by atoms with Crippen LogP contribution >= 0.6 is 11.6 Å².